The van der Waals surface area contributed by atoms with Crippen LogP contribution in [-0.2, 0) is 10.5 Å². The number of nitrogens with one attached hydrogen (secondary N) is 1. The van der Waals surface area contributed by atoms with Crippen molar-refractivity contribution in [3.8, 4) is 5.75 Å². The largest absolute Gasteiger partial charge is 0.497 e. The van der Waals surface area contributed by atoms with E-state index in [4.69, 9.17) is 4.74 Å². The number of hydrogen-bond donors (Lipinski definition) is 1. The van der Waals surface area contributed by atoms with Crippen LogP contribution < -0.4 is 10.2 Å². The third-order valence-electron chi connectivity index (χ3n) is 4.15. The Labute approximate surface area is 153 Å². The first kappa shape index (κ1) is 19.1. The van der Waals surface area contributed by atoms with Crippen LogP contribution in [0.25, 0.3) is 0 Å². The molecule has 5 heteroatoms. The van der Waals surface area contributed by atoms with Crippen molar-refractivity contribution in [2.75, 3.05) is 12.9 Å². The molecular weight excluding hydrogens is 332 g/mol. The number of amides is 1. The van der Waals surface area contributed by atoms with Gasteiger partial charge in [0.25, 0.3) is 0 Å². The van der Waals surface area contributed by atoms with Gasteiger partial charge in [0, 0.05) is 5.75 Å². The predicted molar refractivity (Wildman–Crippen MR) is 106 cm³/mol. The predicted octanol–water partition coefficient (Wildman–Crippen LogP) is 4.00. The maximum absolute atomic E-state index is 11.9. The third-order valence-corrected chi connectivity index (χ3v) is 5.16. The molecule has 0 fully saturated rings. The molecule has 0 atom stereocenters. The molecule has 1 N–H and O–H groups in total. The van der Waals surface area contributed by atoms with Crippen LogP contribution in [0, 0.1) is 20.8 Å². The molecule has 1 amide bonds. The summed E-state index contributed by atoms with van der Waals surface area (Å²) in [6.45, 7) is 6.25. The number of benzene rings is 2. The van der Waals surface area contributed by atoms with E-state index in [1.807, 2.05) is 30.3 Å². The summed E-state index contributed by atoms with van der Waals surface area (Å²) >= 11 is 1.55. The van der Waals surface area contributed by atoms with Crippen molar-refractivity contribution < 1.29 is 9.53 Å². The topological polar surface area (TPSA) is 50.7 Å². The van der Waals surface area contributed by atoms with E-state index < -0.39 is 0 Å². The Hall–Kier alpha value is -2.27. The molecule has 0 heterocycles. The maximum Gasteiger partial charge on any atom is 0.250 e. The molecule has 0 aromatic heterocycles. The lowest BCUT2D eigenvalue weighted by Crippen LogP contribution is -2.19. The molecule has 0 radical (unpaired) electrons. The van der Waals surface area contributed by atoms with Gasteiger partial charge in [-0.15, -0.1) is 11.8 Å². The van der Waals surface area contributed by atoms with Gasteiger partial charge in [-0.1, -0.05) is 24.3 Å². The first-order valence-corrected chi connectivity index (χ1v) is 9.26. The molecule has 2 rings (SSSR count). The average molecular weight is 356 g/mol. The number of hydrazone groups is 1. The van der Waals surface area contributed by atoms with Crippen LogP contribution in [-0.4, -0.2) is 25.0 Å². The van der Waals surface area contributed by atoms with Crippen molar-refractivity contribution in [1.29, 1.82) is 0 Å². The molecule has 0 unspecified atom stereocenters. The molecular formula is C20H24N2O2S. The molecule has 0 saturated carbocycles. The second-order valence-corrected chi connectivity index (χ2v) is 6.84. The van der Waals surface area contributed by atoms with E-state index in [0.717, 1.165) is 22.6 Å². The van der Waals surface area contributed by atoms with Crippen LogP contribution in [0.4, 0.5) is 0 Å². The normalized spacial score (nSPS) is 10.9. The number of carbonyl (C=O) groups excluding carboxylic acids is 1. The molecule has 0 aliphatic carbocycles. The highest BCUT2D eigenvalue weighted by molar-refractivity contribution is 7.99. The second-order valence-electron chi connectivity index (χ2n) is 5.86. The van der Waals surface area contributed by atoms with E-state index in [1.165, 1.54) is 16.7 Å². The Balaban J connectivity index is 1.77. The molecule has 4 nitrogen and oxygen atoms in total. The van der Waals surface area contributed by atoms with Crippen LogP contribution in [0.15, 0.2) is 41.5 Å². The molecule has 0 aliphatic heterocycles. The fourth-order valence-corrected chi connectivity index (χ4v) is 3.09. The van der Waals surface area contributed by atoms with Gasteiger partial charge >= 0.3 is 0 Å². The van der Waals surface area contributed by atoms with Crippen molar-refractivity contribution in [3.05, 3.63) is 64.2 Å². The number of thioether (sulfide) groups is 1. The number of ether oxygens (including phenoxy) is 1. The minimum atomic E-state index is -0.101. The van der Waals surface area contributed by atoms with Crippen LogP contribution in [0.3, 0.4) is 0 Å². The van der Waals surface area contributed by atoms with Gasteiger partial charge < -0.3 is 4.74 Å². The molecule has 132 valence electrons. The van der Waals surface area contributed by atoms with Crippen molar-refractivity contribution in [3.63, 3.8) is 0 Å². The Morgan fingerprint density at radius 2 is 1.84 bits per heavy atom. The quantitative estimate of drug-likeness (QED) is 0.602. The van der Waals surface area contributed by atoms with E-state index in [2.05, 4.69) is 37.4 Å². The standard InChI is InChI=1S/C20H24N2O2S/c1-14-5-8-18(16(3)15(14)2)11-21-22-20(23)13-25-12-17-6-9-19(24-4)10-7-17/h5-11H,12-13H2,1-4H3,(H,22,23)/b21-11-. The van der Waals surface area contributed by atoms with Gasteiger partial charge in [0.15, 0.2) is 0 Å². The maximum atomic E-state index is 11.9. The lowest BCUT2D eigenvalue weighted by atomic mass is 10.00. The van der Waals surface area contributed by atoms with E-state index in [-0.39, 0.29) is 5.91 Å². The zero-order valence-corrected chi connectivity index (χ0v) is 15.9. The van der Waals surface area contributed by atoms with Gasteiger partial charge in [-0.2, -0.15) is 5.10 Å². The zero-order chi connectivity index (χ0) is 18.2. The number of hydrogen-bond acceptors (Lipinski definition) is 4. The second kappa shape index (κ2) is 9.28. The number of methoxy groups -OCH3 is 1. The van der Waals surface area contributed by atoms with Crippen LogP contribution >= 0.6 is 11.8 Å². The average Bonchev–Trinajstić information content (AvgIpc) is 2.62. The summed E-state index contributed by atoms with van der Waals surface area (Å²) < 4.78 is 5.13. The molecule has 0 spiro atoms. The van der Waals surface area contributed by atoms with Crippen molar-refractivity contribution in [1.82, 2.24) is 5.43 Å². The molecule has 2 aromatic carbocycles. The summed E-state index contributed by atoms with van der Waals surface area (Å²) in [4.78, 5) is 11.9. The fraction of sp³-hybridized carbons (Fsp3) is 0.300. The Bertz CT molecular complexity index is 755. The fourth-order valence-electron chi connectivity index (χ4n) is 2.31. The molecule has 0 bridgehead atoms. The Morgan fingerprint density at radius 1 is 1.12 bits per heavy atom. The van der Waals surface area contributed by atoms with Crippen LogP contribution in [0.2, 0.25) is 0 Å². The van der Waals surface area contributed by atoms with E-state index in [0.29, 0.717) is 5.75 Å². The van der Waals surface area contributed by atoms with Gasteiger partial charge in [-0.05, 0) is 60.7 Å². The van der Waals surface area contributed by atoms with Gasteiger partial charge in [0.1, 0.15) is 5.75 Å². The molecule has 0 aliphatic rings. The van der Waals surface area contributed by atoms with Crippen LogP contribution in [0.5, 0.6) is 5.75 Å². The first-order chi connectivity index (χ1) is 12.0. The summed E-state index contributed by atoms with van der Waals surface area (Å²) in [5.74, 6) is 1.88. The summed E-state index contributed by atoms with van der Waals surface area (Å²) in [7, 11) is 1.65. The first-order valence-electron chi connectivity index (χ1n) is 8.10. The van der Waals surface area contributed by atoms with Crippen molar-refractivity contribution >= 4 is 23.9 Å². The number of aryl methyl sites for hydroxylation is 1. The number of rotatable bonds is 7. The smallest absolute Gasteiger partial charge is 0.250 e. The summed E-state index contributed by atoms with van der Waals surface area (Å²) in [6, 6.07) is 11.9. The SMILES string of the molecule is COc1ccc(CSCC(=O)N/N=C\c2ccc(C)c(C)c2C)cc1. The molecule has 2 aromatic rings. The van der Waals surface area contributed by atoms with Crippen molar-refractivity contribution in [2.45, 2.75) is 26.5 Å². The van der Waals surface area contributed by atoms with E-state index >= 15 is 0 Å². The lowest BCUT2D eigenvalue weighted by molar-refractivity contribution is -0.118. The minimum Gasteiger partial charge on any atom is -0.497 e. The third kappa shape index (κ3) is 5.64. The Kier molecular flexibility index (Phi) is 7.07. The lowest BCUT2D eigenvalue weighted by Gasteiger charge is -2.07. The zero-order valence-electron chi connectivity index (χ0n) is 15.1. The minimum absolute atomic E-state index is 0.101. The molecule has 0 saturated heterocycles. The highest BCUT2D eigenvalue weighted by Gasteiger charge is 2.03. The summed E-state index contributed by atoms with van der Waals surface area (Å²) in [6.07, 6.45) is 1.70. The number of carbonyl (C=O) groups is 1. The summed E-state index contributed by atoms with van der Waals surface area (Å²) in [5.41, 5.74) is 8.47. The van der Waals surface area contributed by atoms with E-state index in [1.54, 1.807) is 25.1 Å². The van der Waals surface area contributed by atoms with Gasteiger partial charge in [-0.25, -0.2) is 5.43 Å². The van der Waals surface area contributed by atoms with E-state index in [9.17, 15) is 4.79 Å². The van der Waals surface area contributed by atoms with Gasteiger partial charge in [0.05, 0.1) is 19.1 Å². The highest BCUT2D eigenvalue weighted by atomic mass is 32.2. The van der Waals surface area contributed by atoms with Crippen LogP contribution in [0.1, 0.15) is 27.8 Å². The molecule has 25 heavy (non-hydrogen) atoms. The van der Waals surface area contributed by atoms with Gasteiger partial charge in [-0.3, -0.25) is 4.79 Å². The highest BCUT2D eigenvalue weighted by Crippen LogP contribution is 2.17. The van der Waals surface area contributed by atoms with Crippen molar-refractivity contribution in [2.24, 2.45) is 5.10 Å². The Morgan fingerprint density at radius 3 is 2.52 bits per heavy atom. The number of nitrogens with zero attached hydrogens (tertiary/aromatic N) is 1. The monoisotopic (exact) mass is 356 g/mol. The van der Waals surface area contributed by atoms with Gasteiger partial charge in [0.2, 0.25) is 5.91 Å². The summed E-state index contributed by atoms with van der Waals surface area (Å²) in [5, 5.41) is 4.07.